The van der Waals surface area contributed by atoms with Crippen molar-refractivity contribution in [3.8, 4) is 0 Å². The number of benzene rings is 2. The maximum atomic E-state index is 13.6. The lowest BCUT2D eigenvalue weighted by Gasteiger charge is -2.25. The Morgan fingerprint density at radius 3 is 2.18 bits per heavy atom. The summed E-state index contributed by atoms with van der Waals surface area (Å²) < 4.78 is 39.3. The summed E-state index contributed by atoms with van der Waals surface area (Å²) in [6.07, 6.45) is 0.629. The van der Waals surface area contributed by atoms with E-state index in [9.17, 15) is 27.5 Å². The Morgan fingerprint density at radius 1 is 1.06 bits per heavy atom. The van der Waals surface area contributed by atoms with Crippen molar-refractivity contribution in [3.05, 3.63) is 71.0 Å². The minimum absolute atomic E-state index is 0.0239. The fourth-order valence-corrected chi connectivity index (χ4v) is 4.76. The van der Waals surface area contributed by atoms with Crippen LogP contribution in [0.1, 0.15) is 23.6 Å². The van der Waals surface area contributed by atoms with Gasteiger partial charge in [0.25, 0.3) is 11.7 Å². The number of amides is 1. The van der Waals surface area contributed by atoms with Gasteiger partial charge in [0.1, 0.15) is 11.6 Å². The topological polar surface area (TPSA) is 99.4 Å². The molecule has 34 heavy (non-hydrogen) atoms. The van der Waals surface area contributed by atoms with Crippen molar-refractivity contribution in [2.75, 3.05) is 41.3 Å². The van der Waals surface area contributed by atoms with Gasteiger partial charge >= 0.3 is 0 Å². The Labute approximate surface area is 198 Å². The number of aliphatic hydroxyl groups is 1. The molecule has 1 fully saturated rings. The van der Waals surface area contributed by atoms with E-state index < -0.39 is 39.3 Å². The molecule has 182 valence electrons. The van der Waals surface area contributed by atoms with Crippen LogP contribution in [0.4, 0.5) is 4.39 Å². The molecule has 1 saturated heterocycles. The molecular weight excluding hydrogens is 461 g/mol. The average molecular weight is 491 g/mol. The third kappa shape index (κ3) is 5.03. The number of nitrogens with zero attached hydrogens (tertiary/aromatic N) is 2. The van der Waals surface area contributed by atoms with Gasteiger partial charge in [0.05, 0.1) is 37.2 Å². The second-order valence-corrected chi connectivity index (χ2v) is 10.8. The van der Waals surface area contributed by atoms with Gasteiger partial charge in [-0.3, -0.25) is 9.59 Å². The van der Waals surface area contributed by atoms with Gasteiger partial charge < -0.3 is 14.9 Å². The normalized spacial score (nSPS) is 18.3. The van der Waals surface area contributed by atoms with Crippen LogP contribution in [0.5, 0.6) is 0 Å². The number of rotatable bonds is 8. The van der Waals surface area contributed by atoms with Crippen LogP contribution in [0.3, 0.4) is 0 Å². The van der Waals surface area contributed by atoms with Crippen LogP contribution in [0.15, 0.2) is 59.0 Å². The zero-order valence-electron chi connectivity index (χ0n) is 19.6. The molecule has 2 aromatic carbocycles. The van der Waals surface area contributed by atoms with Gasteiger partial charge in [-0.05, 0) is 42.0 Å². The Morgan fingerprint density at radius 2 is 1.65 bits per heavy atom. The average Bonchev–Trinajstić information content (AvgIpc) is 3.04. The van der Waals surface area contributed by atoms with Crippen LogP contribution in [-0.4, -0.2) is 75.7 Å². The minimum atomic E-state index is -3.67. The fraction of sp³-hybridized carbons (Fsp3) is 0.333. The molecule has 0 saturated carbocycles. The number of likely N-dealkylation sites (tertiary alicyclic amines) is 1. The highest BCUT2D eigenvalue weighted by atomic mass is 32.2. The molecule has 1 aliphatic rings. The van der Waals surface area contributed by atoms with Crippen molar-refractivity contribution in [1.82, 2.24) is 9.21 Å². The maximum absolute atomic E-state index is 13.6. The molecule has 1 atom stereocenters. The molecule has 1 amide bonds. The summed E-state index contributed by atoms with van der Waals surface area (Å²) in [4.78, 5) is 28.5. The summed E-state index contributed by atoms with van der Waals surface area (Å²) in [5, 5.41) is 11.1. The predicted octanol–water partition coefficient (Wildman–Crippen LogP) is 1.03. The van der Waals surface area contributed by atoms with Crippen molar-refractivity contribution in [1.29, 1.82) is 0 Å². The van der Waals surface area contributed by atoms with Crippen LogP contribution >= 0.6 is 0 Å². The van der Waals surface area contributed by atoms with Crippen LogP contribution in [0.25, 0.3) is 5.76 Å². The molecule has 0 unspecified atom stereocenters. The van der Waals surface area contributed by atoms with Crippen molar-refractivity contribution >= 4 is 27.5 Å². The largest absolute Gasteiger partial charge is 0.507 e. The van der Waals surface area contributed by atoms with Gasteiger partial charge in [-0.1, -0.05) is 12.1 Å². The monoisotopic (exact) mass is 490 g/mol. The van der Waals surface area contributed by atoms with E-state index in [1.54, 1.807) is 0 Å². The lowest BCUT2D eigenvalue weighted by Crippen LogP contribution is -3.05. The smallest absolute Gasteiger partial charge is 0.295 e. The van der Waals surface area contributed by atoms with E-state index >= 15 is 0 Å². The number of aliphatic hydroxyl groups excluding tert-OH is 1. The maximum Gasteiger partial charge on any atom is 0.295 e. The van der Waals surface area contributed by atoms with E-state index in [0.29, 0.717) is 12.0 Å². The van der Waals surface area contributed by atoms with Crippen LogP contribution < -0.4 is 4.90 Å². The third-order valence-corrected chi connectivity index (χ3v) is 7.54. The highest BCUT2D eigenvalue weighted by molar-refractivity contribution is 7.89. The number of quaternary nitrogens is 1. The number of nitrogens with one attached hydrogen (secondary N) is 1. The molecule has 2 aromatic rings. The van der Waals surface area contributed by atoms with Gasteiger partial charge in [-0.25, -0.2) is 17.1 Å². The van der Waals surface area contributed by atoms with Crippen molar-refractivity contribution in [3.63, 3.8) is 0 Å². The summed E-state index contributed by atoms with van der Waals surface area (Å²) in [6, 6.07) is 9.97. The molecule has 0 spiro atoms. The van der Waals surface area contributed by atoms with E-state index in [4.69, 9.17) is 0 Å². The molecule has 10 heteroatoms. The zero-order valence-corrected chi connectivity index (χ0v) is 20.4. The number of hydrogen-bond acceptors (Lipinski definition) is 5. The lowest BCUT2D eigenvalue weighted by atomic mass is 9.95. The molecule has 0 aliphatic carbocycles. The summed E-state index contributed by atoms with van der Waals surface area (Å²) >= 11 is 0. The quantitative estimate of drug-likeness (QED) is 0.327. The molecule has 0 radical (unpaired) electrons. The summed E-state index contributed by atoms with van der Waals surface area (Å²) in [7, 11) is 3.10. The number of halogens is 1. The highest BCUT2D eigenvalue weighted by Crippen LogP contribution is 2.39. The van der Waals surface area contributed by atoms with Crippen LogP contribution in [0, 0.1) is 5.82 Å². The summed E-state index contributed by atoms with van der Waals surface area (Å²) in [5.41, 5.74) is 0.573. The highest BCUT2D eigenvalue weighted by Gasteiger charge is 2.45. The van der Waals surface area contributed by atoms with E-state index in [0.717, 1.165) is 10.8 Å². The first-order chi connectivity index (χ1) is 15.9. The Hall–Kier alpha value is -3.08. The second kappa shape index (κ2) is 10.0. The number of sulfonamides is 1. The molecule has 1 aliphatic heterocycles. The molecule has 2 N–H and O–H groups in total. The SMILES string of the molecule is CN(C)S(=O)(=O)c1ccc(C(O)=C2C(=O)C(=O)N(CCC[NH+](C)C)[C@H]2c2ccc(F)cc2)cc1. The van der Waals surface area contributed by atoms with E-state index in [1.165, 1.54) is 72.4 Å². The van der Waals surface area contributed by atoms with Gasteiger partial charge in [0.15, 0.2) is 0 Å². The van der Waals surface area contributed by atoms with Crippen molar-refractivity contribution in [2.24, 2.45) is 0 Å². The number of hydrogen-bond donors (Lipinski definition) is 2. The lowest BCUT2D eigenvalue weighted by molar-refractivity contribution is -0.858. The van der Waals surface area contributed by atoms with Crippen molar-refractivity contribution < 1.29 is 32.4 Å². The molecule has 3 rings (SSSR count). The molecule has 1 heterocycles. The second-order valence-electron chi connectivity index (χ2n) is 8.67. The van der Waals surface area contributed by atoms with Crippen LogP contribution in [0.2, 0.25) is 0 Å². The van der Waals surface area contributed by atoms with E-state index in [2.05, 4.69) is 0 Å². The molecule has 8 nitrogen and oxygen atoms in total. The van der Waals surface area contributed by atoms with E-state index in [-0.39, 0.29) is 22.6 Å². The Bertz CT molecular complexity index is 1210. The predicted molar refractivity (Wildman–Crippen MR) is 125 cm³/mol. The first kappa shape index (κ1) is 25.5. The van der Waals surface area contributed by atoms with Crippen molar-refractivity contribution in [2.45, 2.75) is 17.4 Å². The number of carbonyl (C=O) groups is 2. The molecule has 0 aromatic heterocycles. The summed E-state index contributed by atoms with van der Waals surface area (Å²) in [5.74, 6) is -2.46. The Balaban J connectivity index is 2.08. The first-order valence-corrected chi connectivity index (χ1v) is 12.2. The molecule has 0 bridgehead atoms. The van der Waals surface area contributed by atoms with Gasteiger partial charge in [-0.15, -0.1) is 0 Å². The van der Waals surface area contributed by atoms with Crippen LogP contribution in [-0.2, 0) is 19.6 Å². The Kier molecular flexibility index (Phi) is 7.54. The van der Waals surface area contributed by atoms with Gasteiger partial charge in [0, 0.05) is 32.6 Å². The zero-order chi connectivity index (χ0) is 25.2. The fourth-order valence-electron chi connectivity index (χ4n) is 3.86. The first-order valence-electron chi connectivity index (χ1n) is 10.8. The molecular formula is C24H29FN3O5S+. The van der Waals surface area contributed by atoms with Gasteiger partial charge in [-0.2, -0.15) is 0 Å². The number of carbonyl (C=O) groups excluding carboxylic acids is 2. The minimum Gasteiger partial charge on any atom is -0.507 e. The number of Topliss-reactive ketones (excluding diaryl/α,β-unsaturated/α-hetero) is 1. The summed E-state index contributed by atoms with van der Waals surface area (Å²) in [6.45, 7) is 1.05. The third-order valence-electron chi connectivity index (χ3n) is 5.71. The van der Waals surface area contributed by atoms with E-state index in [1.807, 2.05) is 14.1 Å². The van der Waals surface area contributed by atoms with Gasteiger partial charge in [0.2, 0.25) is 10.0 Å². The standard InChI is InChI=1S/C24H28FN3O5S/c1-26(2)14-5-15-28-21(16-6-10-18(25)11-7-16)20(23(30)24(28)31)22(29)17-8-12-19(13-9-17)34(32,33)27(3)4/h6-13,21,29H,5,14-15H2,1-4H3/p+1/t21-/m0/s1. The number of ketones is 1.